The van der Waals surface area contributed by atoms with Crippen molar-refractivity contribution in [1.29, 1.82) is 0 Å². The number of anilines is 1. The van der Waals surface area contributed by atoms with Crippen molar-refractivity contribution in [3.63, 3.8) is 0 Å². The molecule has 4 aromatic carbocycles. The molecule has 0 saturated carbocycles. The third-order valence-electron chi connectivity index (χ3n) is 7.99. The van der Waals surface area contributed by atoms with Gasteiger partial charge in [-0.1, -0.05) is 79.7 Å². The van der Waals surface area contributed by atoms with Gasteiger partial charge < -0.3 is 15.1 Å². The Kier molecular flexibility index (Phi) is 8.96. The summed E-state index contributed by atoms with van der Waals surface area (Å²) in [5, 5.41) is 4.97. The maximum atomic E-state index is 14.8. The third-order valence-corrected chi connectivity index (χ3v) is 7.99. The van der Waals surface area contributed by atoms with Crippen LogP contribution < -0.4 is 10.2 Å². The molecule has 5 rings (SSSR count). The van der Waals surface area contributed by atoms with Crippen LogP contribution in [0.1, 0.15) is 54.6 Å². The molecule has 3 amide bonds. The SMILES string of the molecule is CC[C@@H](C)NC(=O)[C@@H](Cc1ccccc1)N(Cc1ccccc1F)C(=O)CCCN1C(=O)c2cccc3cccc1c23. The first-order valence-corrected chi connectivity index (χ1v) is 14.6. The predicted octanol–water partition coefficient (Wildman–Crippen LogP) is 6.27. The Hall–Kier alpha value is -4.52. The molecule has 42 heavy (non-hydrogen) atoms. The summed E-state index contributed by atoms with van der Waals surface area (Å²) >= 11 is 0. The lowest BCUT2D eigenvalue weighted by atomic mass is 10.0. The van der Waals surface area contributed by atoms with Crippen molar-refractivity contribution in [3.05, 3.63) is 114 Å². The first-order chi connectivity index (χ1) is 20.4. The highest BCUT2D eigenvalue weighted by Gasteiger charge is 2.33. The van der Waals surface area contributed by atoms with Crippen LogP contribution in [0, 0.1) is 5.82 Å². The van der Waals surface area contributed by atoms with Gasteiger partial charge in [-0.25, -0.2) is 4.39 Å². The Labute approximate surface area is 246 Å². The Balaban J connectivity index is 1.38. The summed E-state index contributed by atoms with van der Waals surface area (Å²) in [4.78, 5) is 44.0. The van der Waals surface area contributed by atoms with Crippen molar-refractivity contribution in [1.82, 2.24) is 10.2 Å². The highest BCUT2D eigenvalue weighted by Crippen LogP contribution is 2.37. The largest absolute Gasteiger partial charge is 0.352 e. The summed E-state index contributed by atoms with van der Waals surface area (Å²) in [6.45, 7) is 4.22. The zero-order chi connectivity index (χ0) is 29.6. The van der Waals surface area contributed by atoms with Gasteiger partial charge in [0.05, 0.1) is 5.69 Å². The molecule has 4 aromatic rings. The van der Waals surface area contributed by atoms with E-state index < -0.39 is 11.9 Å². The third kappa shape index (κ3) is 6.20. The number of amides is 3. The Bertz CT molecular complexity index is 1580. The van der Waals surface area contributed by atoms with Crippen LogP contribution in [0.15, 0.2) is 91.0 Å². The molecule has 0 aromatic heterocycles. The minimum Gasteiger partial charge on any atom is -0.352 e. The highest BCUT2D eigenvalue weighted by molar-refractivity contribution is 6.25. The van der Waals surface area contributed by atoms with Crippen LogP contribution in [-0.4, -0.2) is 41.2 Å². The maximum absolute atomic E-state index is 14.8. The van der Waals surface area contributed by atoms with Gasteiger partial charge in [-0.2, -0.15) is 0 Å². The van der Waals surface area contributed by atoms with Gasteiger partial charge in [0, 0.05) is 48.5 Å². The van der Waals surface area contributed by atoms with E-state index >= 15 is 0 Å². The molecule has 0 radical (unpaired) electrons. The van der Waals surface area contributed by atoms with E-state index in [1.165, 1.54) is 11.0 Å². The number of nitrogens with one attached hydrogen (secondary N) is 1. The summed E-state index contributed by atoms with van der Waals surface area (Å²) in [5.74, 6) is -1.03. The lowest BCUT2D eigenvalue weighted by Crippen LogP contribution is -2.52. The molecule has 0 fully saturated rings. The van der Waals surface area contributed by atoms with E-state index in [0.29, 0.717) is 30.5 Å². The molecule has 2 atom stereocenters. The van der Waals surface area contributed by atoms with E-state index in [-0.39, 0.29) is 36.7 Å². The molecule has 1 aliphatic heterocycles. The van der Waals surface area contributed by atoms with Crippen molar-refractivity contribution in [2.24, 2.45) is 0 Å². The number of benzene rings is 4. The maximum Gasteiger partial charge on any atom is 0.258 e. The first-order valence-electron chi connectivity index (χ1n) is 14.6. The van der Waals surface area contributed by atoms with Crippen LogP contribution in [-0.2, 0) is 22.6 Å². The van der Waals surface area contributed by atoms with Crippen LogP contribution in [0.2, 0.25) is 0 Å². The first kappa shape index (κ1) is 29.0. The zero-order valence-electron chi connectivity index (χ0n) is 24.1. The van der Waals surface area contributed by atoms with Gasteiger partial charge in [-0.3, -0.25) is 14.4 Å². The Morgan fingerprint density at radius 3 is 2.38 bits per heavy atom. The quantitative estimate of drug-likeness (QED) is 0.220. The van der Waals surface area contributed by atoms with Crippen molar-refractivity contribution in [3.8, 4) is 0 Å². The second-order valence-corrected chi connectivity index (χ2v) is 10.9. The van der Waals surface area contributed by atoms with Crippen LogP contribution in [0.5, 0.6) is 0 Å². The van der Waals surface area contributed by atoms with Crippen molar-refractivity contribution >= 4 is 34.2 Å². The lowest BCUT2D eigenvalue weighted by molar-refractivity contribution is -0.141. The van der Waals surface area contributed by atoms with Gasteiger partial charge in [0.25, 0.3) is 5.91 Å². The average Bonchev–Trinajstić information content (AvgIpc) is 3.28. The molecule has 216 valence electrons. The normalized spacial score (nSPS) is 13.7. The Morgan fingerprint density at radius 1 is 0.929 bits per heavy atom. The summed E-state index contributed by atoms with van der Waals surface area (Å²) in [5.41, 5.74) is 2.76. The molecule has 0 bridgehead atoms. The minimum absolute atomic E-state index is 0.0374. The standard InChI is InChI=1S/C35H36FN3O3/c1-3-24(2)37-34(41)31(22-25-12-5-4-6-13-25)39(23-27-14-7-8-18-29(27)36)32(40)20-11-21-38-30-19-10-16-26-15-9-17-28(33(26)30)35(38)42/h4-10,12-19,24,31H,3,11,20-23H2,1-2H3,(H,37,41)/t24-,31-/m1/s1. The second-order valence-electron chi connectivity index (χ2n) is 10.9. The van der Waals surface area contributed by atoms with E-state index in [1.54, 1.807) is 23.1 Å². The highest BCUT2D eigenvalue weighted by atomic mass is 19.1. The smallest absolute Gasteiger partial charge is 0.258 e. The number of nitrogens with zero attached hydrogens (tertiary/aromatic N) is 2. The fourth-order valence-electron chi connectivity index (χ4n) is 5.54. The molecule has 0 unspecified atom stereocenters. The predicted molar refractivity (Wildman–Crippen MR) is 164 cm³/mol. The number of halogens is 1. The molecular formula is C35H36FN3O3. The van der Waals surface area contributed by atoms with E-state index in [4.69, 9.17) is 0 Å². The number of rotatable bonds is 12. The number of hydrogen-bond acceptors (Lipinski definition) is 3. The van der Waals surface area contributed by atoms with Gasteiger partial charge in [0.1, 0.15) is 11.9 Å². The molecule has 0 aliphatic carbocycles. The lowest BCUT2D eigenvalue weighted by Gasteiger charge is -2.32. The molecule has 6 nitrogen and oxygen atoms in total. The van der Waals surface area contributed by atoms with Crippen LogP contribution in [0.3, 0.4) is 0 Å². The molecule has 0 spiro atoms. The fraction of sp³-hybridized carbons (Fsp3) is 0.286. The fourth-order valence-corrected chi connectivity index (χ4v) is 5.54. The average molecular weight is 566 g/mol. The molecular weight excluding hydrogens is 529 g/mol. The summed E-state index contributed by atoms with van der Waals surface area (Å²) in [6, 6.07) is 26.5. The van der Waals surface area contributed by atoms with Crippen molar-refractivity contribution in [2.45, 2.75) is 58.2 Å². The summed E-state index contributed by atoms with van der Waals surface area (Å²) in [7, 11) is 0. The number of carbonyl (C=O) groups is 3. The number of hydrogen-bond donors (Lipinski definition) is 1. The van der Waals surface area contributed by atoms with E-state index in [2.05, 4.69) is 5.32 Å². The van der Waals surface area contributed by atoms with Crippen LogP contribution in [0.4, 0.5) is 10.1 Å². The van der Waals surface area contributed by atoms with Gasteiger partial charge in [-0.15, -0.1) is 0 Å². The number of carbonyl (C=O) groups excluding carboxylic acids is 3. The van der Waals surface area contributed by atoms with Gasteiger partial charge in [-0.05, 0) is 48.9 Å². The minimum atomic E-state index is -0.833. The zero-order valence-corrected chi connectivity index (χ0v) is 24.1. The van der Waals surface area contributed by atoms with Gasteiger partial charge in [0.2, 0.25) is 11.8 Å². The summed E-state index contributed by atoms with van der Waals surface area (Å²) < 4.78 is 14.8. The molecule has 7 heteroatoms. The van der Waals surface area contributed by atoms with Crippen molar-refractivity contribution < 1.29 is 18.8 Å². The van der Waals surface area contributed by atoms with E-state index in [9.17, 15) is 18.8 Å². The topological polar surface area (TPSA) is 69.7 Å². The van der Waals surface area contributed by atoms with Crippen molar-refractivity contribution in [2.75, 3.05) is 11.4 Å². The van der Waals surface area contributed by atoms with Crippen LogP contribution in [0.25, 0.3) is 10.8 Å². The molecule has 1 aliphatic rings. The monoisotopic (exact) mass is 565 g/mol. The van der Waals surface area contributed by atoms with Crippen LogP contribution >= 0.6 is 0 Å². The molecule has 1 heterocycles. The second kappa shape index (κ2) is 13.0. The van der Waals surface area contributed by atoms with E-state index in [0.717, 1.165) is 28.4 Å². The van der Waals surface area contributed by atoms with Gasteiger partial charge in [0.15, 0.2) is 0 Å². The van der Waals surface area contributed by atoms with E-state index in [1.807, 2.05) is 80.6 Å². The van der Waals surface area contributed by atoms with Gasteiger partial charge >= 0.3 is 0 Å². The molecule has 1 N–H and O–H groups in total. The Morgan fingerprint density at radius 2 is 1.64 bits per heavy atom. The summed E-state index contributed by atoms with van der Waals surface area (Å²) in [6.07, 6.45) is 1.54. The molecule has 0 saturated heterocycles.